The van der Waals surface area contributed by atoms with Crippen LogP contribution in [0, 0.1) is 0 Å². The second-order valence-corrected chi connectivity index (χ2v) is 7.88. The molecular formula is C16H19ClNO5P. The first-order valence-electron chi connectivity index (χ1n) is 7.38. The van der Waals surface area contributed by atoms with Gasteiger partial charge in [0, 0.05) is 16.6 Å². The molecule has 0 fully saturated rings. The molecule has 0 aliphatic heterocycles. The van der Waals surface area contributed by atoms with Crippen molar-refractivity contribution in [3.8, 4) is 0 Å². The highest BCUT2D eigenvalue weighted by Crippen LogP contribution is 2.48. The maximum absolute atomic E-state index is 12.1. The number of hydroxylamine groups is 1. The van der Waals surface area contributed by atoms with Crippen LogP contribution in [-0.2, 0) is 18.7 Å². The minimum Gasteiger partial charge on any atom is -0.379 e. The van der Waals surface area contributed by atoms with E-state index in [1.165, 1.54) is 12.0 Å². The summed E-state index contributed by atoms with van der Waals surface area (Å²) in [6.45, 7) is 0.692. The molecule has 2 atom stereocenters. The Labute approximate surface area is 145 Å². The minimum absolute atomic E-state index is 0.226. The molecule has 6 nitrogen and oxygen atoms in total. The third-order valence-electron chi connectivity index (χ3n) is 3.22. The van der Waals surface area contributed by atoms with Crippen LogP contribution in [0.1, 0.15) is 20.8 Å². The van der Waals surface area contributed by atoms with Crippen LogP contribution in [0.25, 0.3) is 10.8 Å². The summed E-state index contributed by atoms with van der Waals surface area (Å²) >= 11 is 5.13. The van der Waals surface area contributed by atoms with E-state index in [0.717, 1.165) is 10.8 Å². The number of carbonyl (C=O) groups is 1. The third kappa shape index (κ3) is 4.71. The first kappa shape index (κ1) is 18.7. The molecule has 0 bridgehead atoms. The van der Waals surface area contributed by atoms with Crippen LogP contribution in [0.15, 0.2) is 42.5 Å². The van der Waals surface area contributed by atoms with Gasteiger partial charge >= 0.3 is 12.9 Å². The third-order valence-corrected chi connectivity index (χ3v) is 3.84. The van der Waals surface area contributed by atoms with E-state index in [1.807, 2.05) is 50.2 Å². The van der Waals surface area contributed by atoms with Crippen LogP contribution >= 0.6 is 18.2 Å². The van der Waals surface area contributed by atoms with Gasteiger partial charge in [0.15, 0.2) is 6.04 Å². The SMILES string of the molecule is CC(C)ON(c1cccc2ccccc12)[C@@H](C)C(=O)OP(=O)(O)Cl. The average molecular weight is 372 g/mol. The van der Waals surface area contributed by atoms with Gasteiger partial charge < -0.3 is 9.42 Å². The van der Waals surface area contributed by atoms with E-state index in [0.29, 0.717) is 5.69 Å². The largest absolute Gasteiger partial charge is 0.476 e. The van der Waals surface area contributed by atoms with Gasteiger partial charge in [-0.3, -0.25) is 4.84 Å². The molecule has 0 aliphatic rings. The van der Waals surface area contributed by atoms with Gasteiger partial charge in [0.25, 0.3) is 0 Å². The summed E-state index contributed by atoms with van der Waals surface area (Å²) in [5, 5.41) is 3.22. The highest BCUT2D eigenvalue weighted by Gasteiger charge is 2.31. The molecule has 2 aromatic carbocycles. The van der Waals surface area contributed by atoms with Crippen molar-refractivity contribution >= 4 is 40.6 Å². The standard InChI is InChI=1S/C16H19ClNO5P/c1-11(2)22-18(12(3)16(19)23-24(17,20)21)15-10-6-8-13-7-4-5-9-14(13)15/h4-12H,1-3H3,(H,20,21)/t12-/m0/s1. The Kier molecular flexibility index (Phi) is 5.88. The number of fused-ring (bicyclic) bond motifs is 1. The maximum Gasteiger partial charge on any atom is 0.476 e. The van der Waals surface area contributed by atoms with E-state index in [-0.39, 0.29) is 6.10 Å². The molecule has 130 valence electrons. The summed E-state index contributed by atoms with van der Waals surface area (Å²) in [4.78, 5) is 27.0. The van der Waals surface area contributed by atoms with Crippen LogP contribution < -0.4 is 5.06 Å². The zero-order valence-electron chi connectivity index (χ0n) is 13.5. The van der Waals surface area contributed by atoms with Gasteiger partial charge in [-0.2, -0.15) is 0 Å². The molecule has 0 radical (unpaired) electrons. The first-order valence-corrected chi connectivity index (χ1v) is 9.87. The minimum atomic E-state index is -4.45. The van der Waals surface area contributed by atoms with Crippen molar-refractivity contribution < 1.29 is 23.6 Å². The van der Waals surface area contributed by atoms with Gasteiger partial charge in [0.05, 0.1) is 11.8 Å². The predicted molar refractivity (Wildman–Crippen MR) is 93.9 cm³/mol. The van der Waals surface area contributed by atoms with E-state index in [1.54, 1.807) is 6.07 Å². The Morgan fingerprint density at radius 2 is 1.79 bits per heavy atom. The van der Waals surface area contributed by atoms with E-state index >= 15 is 0 Å². The van der Waals surface area contributed by atoms with Crippen LogP contribution in [0.3, 0.4) is 0 Å². The maximum atomic E-state index is 12.1. The number of benzene rings is 2. The number of rotatable bonds is 6. The van der Waals surface area contributed by atoms with Gasteiger partial charge in [-0.25, -0.2) is 14.4 Å². The van der Waals surface area contributed by atoms with E-state index in [2.05, 4.69) is 4.52 Å². The van der Waals surface area contributed by atoms with Crippen LogP contribution in [0.2, 0.25) is 0 Å². The molecule has 0 saturated carbocycles. The fourth-order valence-corrected chi connectivity index (χ4v) is 2.85. The molecule has 24 heavy (non-hydrogen) atoms. The van der Waals surface area contributed by atoms with E-state index in [4.69, 9.17) is 21.0 Å². The summed E-state index contributed by atoms with van der Waals surface area (Å²) in [5.74, 6) is -0.954. The number of anilines is 1. The summed E-state index contributed by atoms with van der Waals surface area (Å²) in [7, 11) is 0. The van der Waals surface area contributed by atoms with E-state index in [9.17, 15) is 9.36 Å². The predicted octanol–water partition coefficient (Wildman–Crippen LogP) is 4.26. The Balaban J connectivity index is 2.44. The van der Waals surface area contributed by atoms with Gasteiger partial charge in [-0.05, 0) is 32.2 Å². The number of hydrogen-bond donors (Lipinski definition) is 1. The Morgan fingerprint density at radius 1 is 1.17 bits per heavy atom. The molecule has 0 aromatic heterocycles. The molecule has 0 spiro atoms. The van der Waals surface area contributed by atoms with Crippen molar-refractivity contribution in [1.29, 1.82) is 0 Å². The van der Waals surface area contributed by atoms with Crippen molar-refractivity contribution in [1.82, 2.24) is 0 Å². The van der Waals surface area contributed by atoms with Crippen molar-refractivity contribution in [2.45, 2.75) is 32.9 Å². The molecule has 0 heterocycles. The Morgan fingerprint density at radius 3 is 2.42 bits per heavy atom. The molecule has 0 saturated heterocycles. The quantitative estimate of drug-likeness (QED) is 0.604. The lowest BCUT2D eigenvalue weighted by molar-refractivity contribution is -0.138. The average Bonchev–Trinajstić information content (AvgIpc) is 2.49. The molecule has 1 N–H and O–H groups in total. The number of hydrogen-bond acceptors (Lipinski definition) is 5. The highest BCUT2D eigenvalue weighted by atomic mass is 35.7. The molecule has 2 rings (SSSR count). The van der Waals surface area contributed by atoms with Crippen molar-refractivity contribution in [2.24, 2.45) is 0 Å². The topological polar surface area (TPSA) is 76.1 Å². The fraction of sp³-hybridized carbons (Fsp3) is 0.312. The monoisotopic (exact) mass is 371 g/mol. The summed E-state index contributed by atoms with van der Waals surface area (Å²) in [6.07, 6.45) is -0.226. The molecule has 0 aliphatic carbocycles. The molecule has 0 amide bonds. The fourth-order valence-electron chi connectivity index (χ4n) is 2.27. The normalized spacial score (nSPS) is 15.1. The van der Waals surface area contributed by atoms with Crippen LogP contribution in [0.5, 0.6) is 0 Å². The summed E-state index contributed by atoms with van der Waals surface area (Å²) in [6, 6.07) is 12.2. The van der Waals surface area contributed by atoms with Crippen LogP contribution in [0.4, 0.5) is 5.69 Å². The highest BCUT2D eigenvalue weighted by molar-refractivity contribution is 7.80. The molecule has 8 heteroatoms. The van der Waals surface area contributed by atoms with Gasteiger partial charge in [0.2, 0.25) is 0 Å². The van der Waals surface area contributed by atoms with Gasteiger partial charge in [-0.15, -0.1) is 0 Å². The smallest absolute Gasteiger partial charge is 0.379 e. The zero-order valence-corrected chi connectivity index (χ0v) is 15.2. The van der Waals surface area contributed by atoms with Crippen molar-refractivity contribution in [3.05, 3.63) is 42.5 Å². The Bertz CT molecular complexity index is 771. The molecule has 2 aromatic rings. The molecule has 1 unspecified atom stereocenters. The second-order valence-electron chi connectivity index (χ2n) is 5.52. The zero-order chi connectivity index (χ0) is 17.9. The number of nitrogens with zero attached hydrogens (tertiary/aromatic N) is 1. The van der Waals surface area contributed by atoms with Crippen molar-refractivity contribution in [3.63, 3.8) is 0 Å². The lowest BCUT2D eigenvalue weighted by Crippen LogP contribution is -2.41. The van der Waals surface area contributed by atoms with Gasteiger partial charge in [0.1, 0.15) is 0 Å². The number of carbonyl (C=O) groups excluding carboxylic acids is 1. The lowest BCUT2D eigenvalue weighted by Gasteiger charge is -2.31. The lowest BCUT2D eigenvalue weighted by atomic mass is 10.1. The first-order chi connectivity index (χ1) is 11.2. The van der Waals surface area contributed by atoms with Crippen LogP contribution in [-0.4, -0.2) is 23.0 Å². The summed E-state index contributed by atoms with van der Waals surface area (Å²) in [5.41, 5.74) is 0.647. The second kappa shape index (κ2) is 7.53. The summed E-state index contributed by atoms with van der Waals surface area (Å²) < 4.78 is 15.6. The van der Waals surface area contributed by atoms with Gasteiger partial charge in [-0.1, -0.05) is 36.4 Å². The van der Waals surface area contributed by atoms with E-state index < -0.39 is 19.0 Å². The number of halogens is 1. The van der Waals surface area contributed by atoms with Crippen molar-refractivity contribution in [2.75, 3.05) is 5.06 Å². The Hall–Kier alpha value is -1.59. The molecular weight excluding hydrogens is 353 g/mol.